The smallest absolute Gasteiger partial charge is 0.270 e. The van der Waals surface area contributed by atoms with Crippen molar-refractivity contribution in [2.24, 2.45) is 0 Å². The Balaban J connectivity index is 1.29. The maximum atomic E-state index is 13.0. The number of amides is 1. The van der Waals surface area contributed by atoms with Crippen LogP contribution in [-0.2, 0) is 6.42 Å². The molecule has 158 valence electrons. The first-order valence-corrected chi connectivity index (χ1v) is 11.8. The first kappa shape index (κ1) is 19.9. The third-order valence-corrected chi connectivity index (χ3v) is 7.79. The van der Waals surface area contributed by atoms with Gasteiger partial charge in [-0.1, -0.05) is 24.3 Å². The van der Waals surface area contributed by atoms with Crippen LogP contribution in [0.4, 0.5) is 10.8 Å². The Morgan fingerprint density at radius 1 is 1.06 bits per heavy atom. The predicted molar refractivity (Wildman–Crippen MR) is 126 cm³/mol. The molecule has 2 aromatic heterocycles. The van der Waals surface area contributed by atoms with Crippen LogP contribution in [0.3, 0.4) is 0 Å². The summed E-state index contributed by atoms with van der Waals surface area (Å²) in [7, 11) is 0. The number of nitro groups is 1. The first-order chi connectivity index (χ1) is 15.0. The van der Waals surface area contributed by atoms with Crippen LogP contribution in [0.15, 0.2) is 42.5 Å². The zero-order valence-corrected chi connectivity index (χ0v) is 18.5. The number of thiazole rings is 1. The molecule has 1 fully saturated rings. The van der Waals surface area contributed by atoms with E-state index in [0.717, 1.165) is 40.2 Å². The summed E-state index contributed by atoms with van der Waals surface area (Å²) in [6, 6.07) is 12.9. The molecule has 5 rings (SSSR count). The Kier molecular flexibility index (Phi) is 5.07. The number of nitro benzene ring substituents is 1. The van der Waals surface area contributed by atoms with E-state index in [1.165, 1.54) is 33.7 Å². The van der Waals surface area contributed by atoms with Crippen LogP contribution in [0, 0.1) is 10.1 Å². The van der Waals surface area contributed by atoms with Crippen LogP contribution in [0.2, 0.25) is 0 Å². The van der Waals surface area contributed by atoms with Crippen molar-refractivity contribution in [3.63, 3.8) is 0 Å². The summed E-state index contributed by atoms with van der Waals surface area (Å²) in [6.07, 6.45) is 1.01. The molecule has 0 N–H and O–H groups in total. The van der Waals surface area contributed by atoms with Gasteiger partial charge in [-0.25, -0.2) is 4.98 Å². The van der Waals surface area contributed by atoms with Crippen molar-refractivity contribution in [1.82, 2.24) is 9.88 Å². The molecule has 0 radical (unpaired) electrons. The summed E-state index contributed by atoms with van der Waals surface area (Å²) in [4.78, 5) is 33.1. The minimum atomic E-state index is -0.414. The van der Waals surface area contributed by atoms with E-state index in [4.69, 9.17) is 4.98 Å². The zero-order chi connectivity index (χ0) is 21.5. The highest BCUT2D eigenvalue weighted by atomic mass is 32.1. The number of aromatic nitrogens is 1. The lowest BCUT2D eigenvalue weighted by molar-refractivity contribution is -0.384. The molecule has 7 nitrogen and oxygen atoms in total. The van der Waals surface area contributed by atoms with E-state index >= 15 is 0 Å². The monoisotopic (exact) mass is 452 g/mol. The predicted octanol–water partition coefficient (Wildman–Crippen LogP) is 4.94. The molecule has 3 heterocycles. The van der Waals surface area contributed by atoms with Crippen LogP contribution in [0.1, 0.15) is 22.2 Å². The van der Waals surface area contributed by atoms with Crippen molar-refractivity contribution in [1.29, 1.82) is 0 Å². The number of thiophene rings is 1. The van der Waals surface area contributed by atoms with Crippen LogP contribution in [-0.4, -0.2) is 46.9 Å². The van der Waals surface area contributed by atoms with Gasteiger partial charge in [0.1, 0.15) is 0 Å². The fraction of sp³-hybridized carbons (Fsp3) is 0.273. The van der Waals surface area contributed by atoms with Crippen LogP contribution in [0.25, 0.3) is 20.3 Å². The number of hydrogen-bond donors (Lipinski definition) is 0. The summed E-state index contributed by atoms with van der Waals surface area (Å²) in [6.45, 7) is 4.88. The highest BCUT2D eigenvalue weighted by molar-refractivity contribution is 7.22. The van der Waals surface area contributed by atoms with E-state index in [-0.39, 0.29) is 11.6 Å². The fourth-order valence-electron chi connectivity index (χ4n) is 3.82. The molecule has 1 amide bonds. The lowest BCUT2D eigenvalue weighted by atomic mass is 10.2. The molecule has 31 heavy (non-hydrogen) atoms. The van der Waals surface area contributed by atoms with Gasteiger partial charge in [0, 0.05) is 48.4 Å². The molecule has 1 aliphatic heterocycles. The summed E-state index contributed by atoms with van der Waals surface area (Å²) < 4.78 is 2.08. The van der Waals surface area contributed by atoms with E-state index < -0.39 is 4.92 Å². The number of rotatable bonds is 4. The fourth-order valence-corrected chi connectivity index (χ4v) is 5.91. The van der Waals surface area contributed by atoms with E-state index in [1.54, 1.807) is 23.5 Å². The van der Waals surface area contributed by atoms with Gasteiger partial charge in [-0.2, -0.15) is 0 Å². The number of carbonyl (C=O) groups is 1. The maximum absolute atomic E-state index is 13.0. The Bertz CT molecular complexity index is 1300. The quantitative estimate of drug-likeness (QED) is 0.324. The van der Waals surface area contributed by atoms with Gasteiger partial charge in [-0.15, -0.1) is 11.3 Å². The van der Waals surface area contributed by atoms with Gasteiger partial charge >= 0.3 is 0 Å². The lowest BCUT2D eigenvalue weighted by Crippen LogP contribution is -2.48. The SMILES string of the molecule is CCc1ccc2nc(N3CCN(C(=O)c4cc5cc([N+](=O)[O-])ccc5s4)CC3)sc2c1. The molecule has 2 aromatic carbocycles. The van der Waals surface area contributed by atoms with Crippen molar-refractivity contribution >= 4 is 59.7 Å². The topological polar surface area (TPSA) is 79.6 Å². The zero-order valence-electron chi connectivity index (χ0n) is 16.9. The molecule has 0 unspecified atom stereocenters. The van der Waals surface area contributed by atoms with Crippen molar-refractivity contribution in [3.05, 3.63) is 63.0 Å². The van der Waals surface area contributed by atoms with Crippen molar-refractivity contribution in [2.75, 3.05) is 31.1 Å². The molecule has 1 saturated heterocycles. The van der Waals surface area contributed by atoms with E-state index in [2.05, 4.69) is 30.0 Å². The lowest BCUT2D eigenvalue weighted by Gasteiger charge is -2.34. The van der Waals surface area contributed by atoms with Gasteiger partial charge in [-0.3, -0.25) is 14.9 Å². The Hall–Kier alpha value is -3.04. The second kappa shape index (κ2) is 7.90. The van der Waals surface area contributed by atoms with E-state index in [0.29, 0.717) is 18.0 Å². The van der Waals surface area contributed by atoms with Crippen LogP contribution < -0.4 is 4.90 Å². The molecule has 1 aliphatic rings. The molecular weight excluding hydrogens is 432 g/mol. The third kappa shape index (κ3) is 3.75. The summed E-state index contributed by atoms with van der Waals surface area (Å²) in [5.41, 5.74) is 2.38. The maximum Gasteiger partial charge on any atom is 0.270 e. The molecule has 0 bridgehead atoms. The van der Waals surface area contributed by atoms with Crippen molar-refractivity contribution in [2.45, 2.75) is 13.3 Å². The highest BCUT2D eigenvalue weighted by Crippen LogP contribution is 2.32. The number of nitrogens with zero attached hydrogens (tertiary/aromatic N) is 4. The summed E-state index contributed by atoms with van der Waals surface area (Å²) >= 11 is 3.09. The molecule has 0 aliphatic carbocycles. The molecule has 9 heteroatoms. The van der Waals surface area contributed by atoms with E-state index in [1.807, 2.05) is 4.90 Å². The minimum absolute atomic E-state index is 0.0135. The standard InChI is InChI=1S/C22H20N4O3S2/c1-2-14-3-5-17-19(11-14)31-22(23-17)25-9-7-24(8-10-25)21(27)20-13-15-12-16(26(28)29)4-6-18(15)30-20/h3-6,11-13H,2,7-10H2,1H3. The largest absolute Gasteiger partial charge is 0.345 e. The van der Waals surface area contributed by atoms with Gasteiger partial charge in [0.25, 0.3) is 11.6 Å². The average molecular weight is 453 g/mol. The Labute approximate surface area is 186 Å². The molecule has 4 aromatic rings. The number of piperazine rings is 1. The second-order valence-corrected chi connectivity index (χ2v) is 9.61. The number of benzene rings is 2. The normalized spacial score (nSPS) is 14.5. The minimum Gasteiger partial charge on any atom is -0.345 e. The summed E-state index contributed by atoms with van der Waals surface area (Å²) in [5, 5.41) is 12.7. The number of anilines is 1. The van der Waals surface area contributed by atoms with Gasteiger partial charge < -0.3 is 9.80 Å². The highest BCUT2D eigenvalue weighted by Gasteiger charge is 2.25. The van der Waals surface area contributed by atoms with Gasteiger partial charge in [0.2, 0.25) is 0 Å². The number of aryl methyl sites for hydroxylation is 1. The van der Waals surface area contributed by atoms with Crippen LogP contribution >= 0.6 is 22.7 Å². The third-order valence-electron chi connectivity index (χ3n) is 5.61. The van der Waals surface area contributed by atoms with Crippen molar-refractivity contribution < 1.29 is 9.72 Å². The van der Waals surface area contributed by atoms with Crippen molar-refractivity contribution in [3.8, 4) is 0 Å². The van der Waals surface area contributed by atoms with Gasteiger partial charge in [0.15, 0.2) is 5.13 Å². The van der Waals surface area contributed by atoms with E-state index in [9.17, 15) is 14.9 Å². The number of non-ortho nitro benzene ring substituents is 1. The number of carbonyl (C=O) groups excluding carboxylic acids is 1. The number of fused-ring (bicyclic) bond motifs is 2. The average Bonchev–Trinajstić information content (AvgIpc) is 3.41. The van der Waals surface area contributed by atoms with Gasteiger partial charge in [-0.05, 0) is 36.2 Å². The van der Waals surface area contributed by atoms with Gasteiger partial charge in [0.05, 0.1) is 20.0 Å². The second-order valence-electron chi connectivity index (χ2n) is 7.52. The number of hydrogen-bond acceptors (Lipinski definition) is 7. The summed E-state index contributed by atoms with van der Waals surface area (Å²) in [5.74, 6) is -0.0135. The first-order valence-electron chi connectivity index (χ1n) is 10.1. The molecule has 0 atom stereocenters. The molecular formula is C22H20N4O3S2. The Morgan fingerprint density at radius 3 is 2.61 bits per heavy atom. The Morgan fingerprint density at radius 2 is 1.87 bits per heavy atom. The molecule has 0 saturated carbocycles. The molecule has 0 spiro atoms. The van der Waals surface area contributed by atoms with Crippen LogP contribution in [0.5, 0.6) is 0 Å².